The number of hydrogen-bond acceptors (Lipinski definition) is 5. The summed E-state index contributed by atoms with van der Waals surface area (Å²) in [5.41, 5.74) is 3.33. The van der Waals surface area contributed by atoms with Crippen LogP contribution in [0.1, 0.15) is 17.7 Å². The third-order valence-electron chi connectivity index (χ3n) is 4.17. The van der Waals surface area contributed by atoms with Crippen molar-refractivity contribution in [3.8, 4) is 0 Å². The highest BCUT2D eigenvalue weighted by atomic mass is 16.5. The Bertz CT molecular complexity index is 702. The van der Waals surface area contributed by atoms with Gasteiger partial charge in [-0.3, -0.25) is 14.7 Å². The average Bonchev–Trinajstić information content (AvgIpc) is 2.55. The van der Waals surface area contributed by atoms with E-state index >= 15 is 0 Å². The number of carbonyl (C=O) groups excluding carboxylic acids is 1. The number of benzene rings is 1. The van der Waals surface area contributed by atoms with Gasteiger partial charge in [0.25, 0.3) is 0 Å². The maximum absolute atomic E-state index is 11.4. The molecule has 2 heterocycles. The van der Waals surface area contributed by atoms with Crippen LogP contribution in [0.2, 0.25) is 0 Å². The molecule has 3 rings (SSSR count). The van der Waals surface area contributed by atoms with Crippen LogP contribution in [-0.2, 0) is 20.8 Å². The lowest BCUT2D eigenvalue weighted by Crippen LogP contribution is -2.42. The fraction of sp³-hybridized carbons (Fsp3) is 0.444. The third-order valence-corrected chi connectivity index (χ3v) is 4.17. The number of morpholine rings is 1. The molecule has 5 heteroatoms. The number of pyridine rings is 1. The number of aromatic nitrogens is 1. The smallest absolute Gasteiger partial charge is 0.308 e. The standard InChI is InChI=1S/C18H22N2O3/c1-13-9-14(16-5-3-4-6-17(16)19-13)11-20-7-8-23-15(12-20)10-18(21)22-2/h3-6,9,15H,7-8,10-12H2,1-2H3. The second-order valence-corrected chi connectivity index (χ2v) is 5.95. The van der Waals surface area contributed by atoms with Gasteiger partial charge in [0, 0.05) is 30.7 Å². The van der Waals surface area contributed by atoms with Gasteiger partial charge in [-0.25, -0.2) is 0 Å². The largest absolute Gasteiger partial charge is 0.469 e. The second-order valence-electron chi connectivity index (χ2n) is 5.95. The Balaban J connectivity index is 1.75. The van der Waals surface area contributed by atoms with E-state index in [0.717, 1.165) is 30.8 Å². The fourth-order valence-electron chi connectivity index (χ4n) is 3.08. The van der Waals surface area contributed by atoms with Gasteiger partial charge in [-0.1, -0.05) is 18.2 Å². The molecule has 1 atom stereocenters. The van der Waals surface area contributed by atoms with Gasteiger partial charge in [-0.15, -0.1) is 0 Å². The van der Waals surface area contributed by atoms with Crippen LogP contribution >= 0.6 is 0 Å². The van der Waals surface area contributed by atoms with Crippen LogP contribution in [0, 0.1) is 6.92 Å². The summed E-state index contributed by atoms with van der Waals surface area (Å²) < 4.78 is 10.4. The van der Waals surface area contributed by atoms with Gasteiger partial charge in [0.2, 0.25) is 0 Å². The highest BCUT2D eigenvalue weighted by molar-refractivity contribution is 5.82. The van der Waals surface area contributed by atoms with Gasteiger partial charge in [0.05, 0.1) is 31.8 Å². The number of rotatable bonds is 4. The molecule has 122 valence electrons. The van der Waals surface area contributed by atoms with Crippen LogP contribution in [0.15, 0.2) is 30.3 Å². The molecular weight excluding hydrogens is 292 g/mol. The summed E-state index contributed by atoms with van der Waals surface area (Å²) >= 11 is 0. The number of methoxy groups -OCH3 is 1. The summed E-state index contributed by atoms with van der Waals surface area (Å²) in [5.74, 6) is -0.220. The van der Waals surface area contributed by atoms with Gasteiger partial charge >= 0.3 is 5.97 Å². The van der Waals surface area contributed by atoms with Crippen molar-refractivity contribution in [2.75, 3.05) is 26.8 Å². The molecule has 5 nitrogen and oxygen atoms in total. The van der Waals surface area contributed by atoms with Crippen molar-refractivity contribution < 1.29 is 14.3 Å². The molecule has 0 radical (unpaired) electrons. The van der Waals surface area contributed by atoms with Crippen molar-refractivity contribution >= 4 is 16.9 Å². The monoisotopic (exact) mass is 314 g/mol. The highest BCUT2D eigenvalue weighted by Crippen LogP contribution is 2.21. The minimum atomic E-state index is -0.220. The number of nitrogens with zero attached hydrogens (tertiary/aromatic N) is 2. The zero-order valence-corrected chi connectivity index (χ0v) is 13.6. The molecule has 1 aromatic heterocycles. The molecule has 1 aromatic carbocycles. The SMILES string of the molecule is COC(=O)CC1CN(Cc2cc(C)nc3ccccc23)CCO1. The van der Waals surface area contributed by atoms with E-state index in [4.69, 9.17) is 9.47 Å². The van der Waals surface area contributed by atoms with Gasteiger partial charge in [-0.05, 0) is 24.6 Å². The fourth-order valence-corrected chi connectivity index (χ4v) is 3.08. The first-order chi connectivity index (χ1) is 11.2. The Morgan fingerprint density at radius 3 is 3.09 bits per heavy atom. The van der Waals surface area contributed by atoms with Crippen LogP contribution in [0.25, 0.3) is 10.9 Å². The molecule has 1 aliphatic heterocycles. The average molecular weight is 314 g/mol. The van der Waals surface area contributed by atoms with Gasteiger partial charge in [0.1, 0.15) is 0 Å². The Morgan fingerprint density at radius 2 is 2.26 bits per heavy atom. The van der Waals surface area contributed by atoms with Gasteiger partial charge in [-0.2, -0.15) is 0 Å². The first kappa shape index (κ1) is 15.9. The molecular formula is C18H22N2O3. The summed E-state index contributed by atoms with van der Waals surface area (Å²) in [6, 6.07) is 10.4. The quantitative estimate of drug-likeness (QED) is 0.811. The molecule has 0 spiro atoms. The first-order valence-electron chi connectivity index (χ1n) is 7.92. The van der Waals surface area contributed by atoms with Crippen molar-refractivity contribution in [2.45, 2.75) is 26.0 Å². The van der Waals surface area contributed by atoms with Crippen LogP contribution in [0.5, 0.6) is 0 Å². The lowest BCUT2D eigenvalue weighted by Gasteiger charge is -2.32. The van der Waals surface area contributed by atoms with E-state index in [1.807, 2.05) is 25.1 Å². The molecule has 1 unspecified atom stereocenters. The summed E-state index contributed by atoms with van der Waals surface area (Å²) in [7, 11) is 1.41. The topological polar surface area (TPSA) is 51.7 Å². The maximum Gasteiger partial charge on any atom is 0.308 e. The zero-order valence-electron chi connectivity index (χ0n) is 13.6. The number of esters is 1. The predicted octanol–water partition coefficient (Wildman–Crippen LogP) is 2.31. The number of fused-ring (bicyclic) bond motifs is 1. The Kier molecular flexibility index (Phi) is 4.88. The number of aryl methyl sites for hydroxylation is 1. The molecule has 0 N–H and O–H groups in total. The Labute approximate surface area is 136 Å². The van der Waals surface area contributed by atoms with Crippen molar-refractivity contribution in [1.29, 1.82) is 0 Å². The first-order valence-corrected chi connectivity index (χ1v) is 7.92. The molecule has 0 aliphatic carbocycles. The number of hydrogen-bond donors (Lipinski definition) is 0. The van der Waals surface area contributed by atoms with E-state index in [0.29, 0.717) is 13.0 Å². The molecule has 23 heavy (non-hydrogen) atoms. The van der Waals surface area contributed by atoms with Crippen molar-refractivity contribution in [3.63, 3.8) is 0 Å². The highest BCUT2D eigenvalue weighted by Gasteiger charge is 2.23. The van der Waals surface area contributed by atoms with Crippen LogP contribution in [-0.4, -0.2) is 48.8 Å². The molecule has 0 bridgehead atoms. The molecule has 1 aliphatic rings. The van der Waals surface area contributed by atoms with E-state index < -0.39 is 0 Å². The molecule has 1 saturated heterocycles. The number of para-hydroxylation sites is 1. The van der Waals surface area contributed by atoms with Crippen LogP contribution in [0.4, 0.5) is 0 Å². The Morgan fingerprint density at radius 1 is 1.43 bits per heavy atom. The minimum Gasteiger partial charge on any atom is -0.469 e. The number of ether oxygens (including phenoxy) is 2. The van der Waals surface area contributed by atoms with E-state index in [-0.39, 0.29) is 12.1 Å². The number of carbonyl (C=O) groups is 1. The van der Waals surface area contributed by atoms with Crippen LogP contribution < -0.4 is 0 Å². The van der Waals surface area contributed by atoms with Gasteiger partial charge < -0.3 is 9.47 Å². The van der Waals surface area contributed by atoms with E-state index in [2.05, 4.69) is 22.0 Å². The third kappa shape index (κ3) is 3.86. The van der Waals surface area contributed by atoms with Crippen molar-refractivity contribution in [1.82, 2.24) is 9.88 Å². The second kappa shape index (κ2) is 7.06. The van der Waals surface area contributed by atoms with E-state index in [1.165, 1.54) is 18.1 Å². The Hall–Kier alpha value is -1.98. The van der Waals surface area contributed by atoms with Crippen molar-refractivity contribution in [3.05, 3.63) is 41.6 Å². The van der Waals surface area contributed by atoms with E-state index in [1.54, 1.807) is 0 Å². The summed E-state index contributed by atoms with van der Waals surface area (Å²) in [4.78, 5) is 18.4. The predicted molar refractivity (Wildman–Crippen MR) is 88.1 cm³/mol. The maximum atomic E-state index is 11.4. The minimum absolute atomic E-state index is 0.0922. The lowest BCUT2D eigenvalue weighted by molar-refractivity contribution is -0.145. The van der Waals surface area contributed by atoms with Crippen molar-refractivity contribution in [2.24, 2.45) is 0 Å². The zero-order chi connectivity index (χ0) is 16.2. The summed E-state index contributed by atoms with van der Waals surface area (Å²) in [6.07, 6.45) is 0.216. The van der Waals surface area contributed by atoms with E-state index in [9.17, 15) is 4.79 Å². The lowest BCUT2D eigenvalue weighted by atomic mass is 10.1. The summed E-state index contributed by atoms with van der Waals surface area (Å²) in [6.45, 7) is 5.11. The molecule has 0 saturated carbocycles. The molecule has 0 amide bonds. The summed E-state index contributed by atoms with van der Waals surface area (Å²) in [5, 5.41) is 1.19. The normalized spacial score (nSPS) is 19.0. The van der Waals surface area contributed by atoms with Crippen LogP contribution in [0.3, 0.4) is 0 Å². The van der Waals surface area contributed by atoms with Gasteiger partial charge in [0.15, 0.2) is 0 Å². The molecule has 2 aromatic rings. The molecule has 1 fully saturated rings.